The topological polar surface area (TPSA) is 98.8 Å². The Kier molecular flexibility index (Phi) is 9.57. The first-order valence-electron chi connectivity index (χ1n) is 13.8. The molecule has 0 aromatic heterocycles. The van der Waals surface area contributed by atoms with Crippen LogP contribution >= 0.6 is 0 Å². The predicted molar refractivity (Wildman–Crippen MR) is 148 cm³/mol. The van der Waals surface area contributed by atoms with Crippen LogP contribution in [0.5, 0.6) is 0 Å². The van der Waals surface area contributed by atoms with E-state index in [2.05, 4.69) is 39.2 Å². The second-order valence-electron chi connectivity index (χ2n) is 10.3. The number of nitrogens with one attached hydrogen (secondary N) is 2. The number of benzene rings is 2. The zero-order valence-corrected chi connectivity index (χ0v) is 23.1. The lowest BCUT2D eigenvalue weighted by molar-refractivity contribution is -0.161. The number of piperazine rings is 1. The standard InChI is InChI=1S/C29H40N4O4S/c1-2-20-33-27(34)26(15-9-10-19-30-38(36,37)25-13-7-4-8-14-25)31-28(35)29(33)17-22-32(23-18-29)21-16-24-11-5-3-6-12-24/h3-8,11-14,26,30H,2,9-10,15-23H2,1H3,(H,31,35)/t26-/m0/s1. The molecule has 0 saturated carbocycles. The molecule has 2 aliphatic rings. The molecule has 2 amide bonds. The van der Waals surface area contributed by atoms with Crippen LogP contribution in [0.1, 0.15) is 51.0 Å². The highest BCUT2D eigenvalue weighted by molar-refractivity contribution is 7.89. The number of hydrogen-bond donors (Lipinski definition) is 2. The van der Waals surface area contributed by atoms with E-state index in [1.807, 2.05) is 17.9 Å². The summed E-state index contributed by atoms with van der Waals surface area (Å²) in [5, 5.41) is 3.03. The van der Waals surface area contributed by atoms with Gasteiger partial charge in [0.2, 0.25) is 21.8 Å². The minimum absolute atomic E-state index is 0.00551. The summed E-state index contributed by atoms with van der Waals surface area (Å²) in [7, 11) is -3.54. The Morgan fingerprint density at radius 2 is 1.61 bits per heavy atom. The van der Waals surface area contributed by atoms with E-state index in [9.17, 15) is 18.0 Å². The Balaban J connectivity index is 1.28. The van der Waals surface area contributed by atoms with Crippen LogP contribution in [0, 0.1) is 0 Å². The average molecular weight is 541 g/mol. The molecule has 2 aromatic rings. The van der Waals surface area contributed by atoms with Gasteiger partial charge in [0, 0.05) is 32.7 Å². The van der Waals surface area contributed by atoms with E-state index in [4.69, 9.17) is 0 Å². The highest BCUT2D eigenvalue weighted by Gasteiger charge is 2.52. The summed E-state index contributed by atoms with van der Waals surface area (Å²) in [4.78, 5) is 31.5. The van der Waals surface area contributed by atoms with Crippen LogP contribution < -0.4 is 10.0 Å². The average Bonchev–Trinajstić information content (AvgIpc) is 2.94. The van der Waals surface area contributed by atoms with E-state index in [-0.39, 0.29) is 23.3 Å². The molecule has 0 radical (unpaired) electrons. The van der Waals surface area contributed by atoms with Crippen molar-refractivity contribution in [1.82, 2.24) is 19.8 Å². The van der Waals surface area contributed by atoms with Crippen LogP contribution in [0.25, 0.3) is 0 Å². The van der Waals surface area contributed by atoms with E-state index < -0.39 is 21.6 Å². The van der Waals surface area contributed by atoms with Crippen LogP contribution in [-0.4, -0.2) is 74.3 Å². The van der Waals surface area contributed by atoms with E-state index >= 15 is 0 Å². The Hall–Kier alpha value is -2.75. The molecule has 0 unspecified atom stereocenters. The Morgan fingerprint density at radius 3 is 2.26 bits per heavy atom. The summed E-state index contributed by atoms with van der Waals surface area (Å²) in [6.07, 6.45) is 4.78. The molecule has 38 heavy (non-hydrogen) atoms. The van der Waals surface area contributed by atoms with Crippen molar-refractivity contribution < 1.29 is 18.0 Å². The molecular formula is C29H40N4O4S. The number of carbonyl (C=O) groups is 2. The fourth-order valence-electron chi connectivity index (χ4n) is 5.56. The number of nitrogens with zero attached hydrogens (tertiary/aromatic N) is 2. The van der Waals surface area contributed by atoms with Gasteiger partial charge in [0.1, 0.15) is 11.6 Å². The largest absolute Gasteiger partial charge is 0.342 e. The third-order valence-corrected chi connectivity index (χ3v) is 9.24. The smallest absolute Gasteiger partial charge is 0.246 e. The summed E-state index contributed by atoms with van der Waals surface area (Å²) in [6.45, 7) is 5.42. The zero-order valence-electron chi connectivity index (χ0n) is 22.3. The van der Waals surface area contributed by atoms with Crippen LogP contribution in [0.2, 0.25) is 0 Å². The molecule has 9 heteroatoms. The number of hydrogen-bond acceptors (Lipinski definition) is 5. The van der Waals surface area contributed by atoms with E-state index in [0.29, 0.717) is 38.6 Å². The van der Waals surface area contributed by atoms with Gasteiger partial charge in [0.25, 0.3) is 0 Å². The number of sulfonamides is 1. The molecule has 2 saturated heterocycles. The van der Waals surface area contributed by atoms with Gasteiger partial charge in [-0.3, -0.25) is 9.59 Å². The number of carbonyl (C=O) groups excluding carboxylic acids is 2. The van der Waals surface area contributed by atoms with Crippen molar-refractivity contribution >= 4 is 21.8 Å². The second kappa shape index (κ2) is 12.9. The maximum Gasteiger partial charge on any atom is 0.246 e. The lowest BCUT2D eigenvalue weighted by Crippen LogP contribution is -2.72. The number of unbranched alkanes of at least 4 members (excludes halogenated alkanes) is 1. The highest BCUT2D eigenvalue weighted by Crippen LogP contribution is 2.34. The van der Waals surface area contributed by atoms with Crippen molar-refractivity contribution in [3.05, 3.63) is 66.2 Å². The van der Waals surface area contributed by atoms with Crippen molar-refractivity contribution in [2.75, 3.05) is 32.7 Å². The summed E-state index contributed by atoms with van der Waals surface area (Å²) in [6, 6.07) is 18.1. The molecule has 0 aliphatic carbocycles. The van der Waals surface area contributed by atoms with Crippen LogP contribution in [0.4, 0.5) is 0 Å². The maximum absolute atomic E-state index is 13.5. The van der Waals surface area contributed by atoms with E-state index in [1.165, 1.54) is 5.56 Å². The monoisotopic (exact) mass is 540 g/mol. The zero-order chi connectivity index (χ0) is 27.0. The van der Waals surface area contributed by atoms with Gasteiger partial charge < -0.3 is 15.1 Å². The summed E-state index contributed by atoms with van der Waals surface area (Å²) >= 11 is 0. The summed E-state index contributed by atoms with van der Waals surface area (Å²) in [5.74, 6) is -0.0444. The van der Waals surface area contributed by atoms with Crippen molar-refractivity contribution in [3.8, 4) is 0 Å². The molecule has 2 N–H and O–H groups in total. The molecule has 1 atom stereocenters. The van der Waals surface area contributed by atoms with Gasteiger partial charge in [-0.2, -0.15) is 0 Å². The van der Waals surface area contributed by atoms with Crippen molar-refractivity contribution in [2.45, 2.75) is 68.3 Å². The molecule has 8 nitrogen and oxygen atoms in total. The maximum atomic E-state index is 13.5. The van der Waals surface area contributed by atoms with E-state index in [0.717, 1.165) is 32.5 Å². The molecule has 2 aliphatic heterocycles. The molecule has 206 valence electrons. The van der Waals surface area contributed by atoms with Crippen LogP contribution in [0.15, 0.2) is 65.6 Å². The molecule has 2 heterocycles. The lowest BCUT2D eigenvalue weighted by atomic mass is 9.81. The van der Waals surface area contributed by atoms with Crippen molar-refractivity contribution in [1.29, 1.82) is 0 Å². The molecular weight excluding hydrogens is 500 g/mol. The minimum atomic E-state index is -3.54. The third-order valence-electron chi connectivity index (χ3n) is 7.76. The number of likely N-dealkylation sites (tertiary alicyclic amines) is 1. The second-order valence-corrected chi connectivity index (χ2v) is 12.1. The van der Waals surface area contributed by atoms with Crippen LogP contribution in [0.3, 0.4) is 0 Å². The van der Waals surface area contributed by atoms with Crippen molar-refractivity contribution in [2.24, 2.45) is 0 Å². The Bertz CT molecular complexity index is 1170. The Morgan fingerprint density at radius 1 is 0.947 bits per heavy atom. The molecule has 2 fully saturated rings. The van der Waals surface area contributed by atoms with Gasteiger partial charge in [-0.15, -0.1) is 0 Å². The van der Waals surface area contributed by atoms with E-state index in [1.54, 1.807) is 30.3 Å². The third kappa shape index (κ3) is 6.62. The molecule has 1 spiro atoms. The van der Waals surface area contributed by atoms with Gasteiger partial charge in [-0.05, 0) is 62.6 Å². The normalized spacial score (nSPS) is 20.0. The van der Waals surface area contributed by atoms with Crippen molar-refractivity contribution in [3.63, 3.8) is 0 Å². The lowest BCUT2D eigenvalue weighted by Gasteiger charge is -2.51. The van der Waals surface area contributed by atoms with Crippen LogP contribution in [-0.2, 0) is 26.0 Å². The quantitative estimate of drug-likeness (QED) is 0.404. The van der Waals surface area contributed by atoms with Gasteiger partial charge >= 0.3 is 0 Å². The predicted octanol–water partition coefficient (Wildman–Crippen LogP) is 2.95. The molecule has 2 aromatic carbocycles. The highest BCUT2D eigenvalue weighted by atomic mass is 32.2. The Labute approximate surface area is 226 Å². The first-order valence-corrected chi connectivity index (χ1v) is 15.3. The summed E-state index contributed by atoms with van der Waals surface area (Å²) < 4.78 is 27.4. The minimum Gasteiger partial charge on any atom is -0.342 e. The summed E-state index contributed by atoms with van der Waals surface area (Å²) in [5.41, 5.74) is 0.541. The number of rotatable bonds is 12. The first-order chi connectivity index (χ1) is 18.4. The van der Waals surface area contributed by atoms with Gasteiger partial charge in [0.05, 0.1) is 4.90 Å². The number of piperidine rings is 1. The fraction of sp³-hybridized carbons (Fsp3) is 0.517. The SMILES string of the molecule is CCCN1C(=O)[C@H](CCCCNS(=O)(=O)c2ccccc2)NC(=O)C12CCN(CCc1ccccc1)CC2. The van der Waals surface area contributed by atoms with Gasteiger partial charge in [0.15, 0.2) is 0 Å². The first kappa shape index (κ1) is 28.3. The molecule has 4 rings (SSSR count). The molecule has 0 bridgehead atoms. The number of amides is 2. The fourth-order valence-corrected chi connectivity index (χ4v) is 6.65. The van der Waals surface area contributed by atoms with Gasteiger partial charge in [-0.1, -0.05) is 55.5 Å². The van der Waals surface area contributed by atoms with Gasteiger partial charge in [-0.25, -0.2) is 13.1 Å².